The van der Waals surface area contributed by atoms with Crippen molar-refractivity contribution >= 4 is 21.1 Å². The molecule has 2 aromatic carbocycles. The topological polar surface area (TPSA) is 56.5 Å². The zero-order valence-corrected chi connectivity index (χ0v) is 11.6. The van der Waals surface area contributed by atoms with E-state index in [0.29, 0.717) is 5.75 Å². The fourth-order valence-corrected chi connectivity index (χ4v) is 2.48. The third kappa shape index (κ3) is 2.67. The molecule has 0 spiro atoms. The molecule has 0 bridgehead atoms. The molecule has 0 amide bonds. The van der Waals surface area contributed by atoms with Gasteiger partial charge in [0, 0.05) is 5.39 Å². The fourth-order valence-electron chi connectivity index (χ4n) is 2.02. The Morgan fingerprint density at radius 2 is 1.65 bits per heavy atom. The Hall–Kier alpha value is -2.27. The molecule has 1 aromatic heterocycles. The Bertz CT molecular complexity index is 845. The predicted molar refractivity (Wildman–Crippen MR) is 77.1 cm³/mol. The lowest BCUT2D eigenvalue weighted by molar-refractivity contribution is 0.493. The third-order valence-corrected chi connectivity index (χ3v) is 3.38. The number of benzene rings is 2. The normalized spacial score (nSPS) is 11.7. The number of hydrogen-bond acceptors (Lipinski definition) is 4. The molecule has 0 atom stereocenters. The van der Waals surface area contributed by atoms with Gasteiger partial charge in [0.1, 0.15) is 11.3 Å². The van der Waals surface area contributed by atoms with E-state index in [1.165, 1.54) is 0 Å². The summed E-state index contributed by atoms with van der Waals surface area (Å²) in [5.74, 6) is 0.306. The number of hydrogen-bond donors (Lipinski definition) is 0. The highest BCUT2D eigenvalue weighted by Crippen LogP contribution is 2.26. The number of furan rings is 1. The molecule has 0 aliphatic carbocycles. The van der Waals surface area contributed by atoms with Gasteiger partial charge >= 0.3 is 10.1 Å². The molecule has 5 heteroatoms. The average molecular weight is 288 g/mol. The van der Waals surface area contributed by atoms with Gasteiger partial charge in [-0.1, -0.05) is 18.2 Å². The summed E-state index contributed by atoms with van der Waals surface area (Å²) in [6.45, 7) is 0. The van der Waals surface area contributed by atoms with E-state index in [4.69, 9.17) is 8.60 Å². The zero-order chi connectivity index (χ0) is 14.2. The number of fused-ring (bicyclic) bond motifs is 1. The molecule has 3 rings (SSSR count). The maximum atomic E-state index is 11.0. The van der Waals surface area contributed by atoms with Crippen LogP contribution in [-0.2, 0) is 10.1 Å². The van der Waals surface area contributed by atoms with Crippen molar-refractivity contribution in [2.75, 3.05) is 6.26 Å². The molecule has 102 valence electrons. The quantitative estimate of drug-likeness (QED) is 0.693. The highest BCUT2D eigenvalue weighted by molar-refractivity contribution is 7.86. The summed E-state index contributed by atoms with van der Waals surface area (Å²) in [6.07, 6.45) is 2.67. The van der Waals surface area contributed by atoms with Crippen molar-refractivity contribution in [2.45, 2.75) is 0 Å². The maximum Gasteiger partial charge on any atom is 0.306 e. The minimum absolute atomic E-state index is 0.306. The summed E-state index contributed by atoms with van der Waals surface area (Å²) in [4.78, 5) is 0. The minimum Gasteiger partial charge on any atom is -0.464 e. The molecular weight excluding hydrogens is 276 g/mol. The van der Waals surface area contributed by atoms with Crippen LogP contribution in [-0.4, -0.2) is 14.7 Å². The lowest BCUT2D eigenvalue weighted by Gasteiger charge is -2.05. The summed E-state index contributed by atoms with van der Waals surface area (Å²) in [6, 6.07) is 14.7. The van der Waals surface area contributed by atoms with E-state index in [1.54, 1.807) is 18.4 Å². The lowest BCUT2D eigenvalue weighted by Crippen LogP contribution is -2.05. The van der Waals surface area contributed by atoms with Gasteiger partial charge in [-0.3, -0.25) is 0 Å². The Morgan fingerprint density at radius 3 is 2.35 bits per heavy atom. The van der Waals surface area contributed by atoms with Crippen molar-refractivity contribution in [3.63, 3.8) is 0 Å². The first-order chi connectivity index (χ1) is 9.51. The Kier molecular flexibility index (Phi) is 2.99. The third-order valence-electron chi connectivity index (χ3n) is 2.89. The molecule has 0 aliphatic rings. The molecule has 0 N–H and O–H groups in total. The molecule has 4 nitrogen and oxygen atoms in total. The molecule has 0 radical (unpaired) electrons. The Balaban J connectivity index is 1.94. The maximum absolute atomic E-state index is 11.0. The van der Waals surface area contributed by atoms with Gasteiger partial charge in [0.05, 0.1) is 12.5 Å². The molecule has 0 saturated heterocycles. The van der Waals surface area contributed by atoms with Crippen molar-refractivity contribution in [1.29, 1.82) is 0 Å². The van der Waals surface area contributed by atoms with Gasteiger partial charge in [-0.15, -0.1) is 0 Å². The van der Waals surface area contributed by atoms with Gasteiger partial charge < -0.3 is 8.60 Å². The SMILES string of the molecule is CS(=O)(=O)Oc1ccc(-c2ccc3occc3c2)cc1. The summed E-state index contributed by atoms with van der Waals surface area (Å²) in [5, 5.41) is 1.03. The van der Waals surface area contributed by atoms with Crippen LogP contribution in [0.3, 0.4) is 0 Å². The molecule has 3 aromatic rings. The first-order valence-corrected chi connectivity index (χ1v) is 7.80. The van der Waals surface area contributed by atoms with Crippen LogP contribution in [0.5, 0.6) is 5.75 Å². The second-order valence-electron chi connectivity index (χ2n) is 4.49. The van der Waals surface area contributed by atoms with Crippen LogP contribution >= 0.6 is 0 Å². The molecular formula is C15H12O4S. The van der Waals surface area contributed by atoms with Crippen molar-refractivity contribution in [3.8, 4) is 16.9 Å². The van der Waals surface area contributed by atoms with E-state index in [9.17, 15) is 8.42 Å². The standard InChI is InChI=1S/C15H12O4S/c1-20(16,17)19-14-5-2-11(3-6-14)12-4-7-15-13(10-12)8-9-18-15/h2-10H,1H3. The second-order valence-corrected chi connectivity index (χ2v) is 6.06. The van der Waals surface area contributed by atoms with Crippen molar-refractivity contribution < 1.29 is 17.0 Å². The summed E-state index contributed by atoms with van der Waals surface area (Å²) < 4.78 is 32.2. The number of rotatable bonds is 3. The van der Waals surface area contributed by atoms with Gasteiger partial charge in [-0.25, -0.2) is 0 Å². The van der Waals surface area contributed by atoms with Crippen molar-refractivity contribution in [1.82, 2.24) is 0 Å². The minimum atomic E-state index is -3.49. The van der Waals surface area contributed by atoms with E-state index in [0.717, 1.165) is 28.4 Å². The first-order valence-electron chi connectivity index (χ1n) is 5.98. The van der Waals surface area contributed by atoms with E-state index in [-0.39, 0.29) is 0 Å². The van der Waals surface area contributed by atoms with Gasteiger partial charge in [0.25, 0.3) is 0 Å². The monoisotopic (exact) mass is 288 g/mol. The molecule has 20 heavy (non-hydrogen) atoms. The van der Waals surface area contributed by atoms with E-state index < -0.39 is 10.1 Å². The van der Waals surface area contributed by atoms with Gasteiger partial charge in [0.15, 0.2) is 0 Å². The molecule has 0 fully saturated rings. The Morgan fingerprint density at radius 1 is 0.950 bits per heavy atom. The van der Waals surface area contributed by atoms with Crippen LogP contribution in [0.2, 0.25) is 0 Å². The van der Waals surface area contributed by atoms with Crippen molar-refractivity contribution in [3.05, 3.63) is 54.8 Å². The first kappa shape index (κ1) is 12.7. The van der Waals surface area contributed by atoms with Crippen molar-refractivity contribution in [2.24, 2.45) is 0 Å². The lowest BCUT2D eigenvalue weighted by atomic mass is 10.0. The molecule has 0 saturated carbocycles. The summed E-state index contributed by atoms with van der Waals surface area (Å²) >= 11 is 0. The zero-order valence-electron chi connectivity index (χ0n) is 10.7. The second kappa shape index (κ2) is 4.68. The van der Waals surface area contributed by atoms with E-state index in [2.05, 4.69) is 0 Å². The fraction of sp³-hybridized carbons (Fsp3) is 0.0667. The smallest absolute Gasteiger partial charge is 0.306 e. The molecule has 1 heterocycles. The average Bonchev–Trinajstić information content (AvgIpc) is 2.85. The summed E-state index contributed by atoms with van der Waals surface area (Å²) in [5.41, 5.74) is 2.85. The Labute approximate surface area is 116 Å². The van der Waals surface area contributed by atoms with Gasteiger partial charge in [-0.05, 0) is 41.5 Å². The van der Waals surface area contributed by atoms with E-state index >= 15 is 0 Å². The predicted octanol–water partition coefficient (Wildman–Crippen LogP) is 3.44. The van der Waals surface area contributed by atoms with Gasteiger partial charge in [0.2, 0.25) is 0 Å². The molecule has 0 aliphatic heterocycles. The van der Waals surface area contributed by atoms with Crippen LogP contribution in [0.1, 0.15) is 0 Å². The highest BCUT2D eigenvalue weighted by atomic mass is 32.2. The van der Waals surface area contributed by atoms with E-state index in [1.807, 2.05) is 36.4 Å². The molecule has 0 unspecified atom stereocenters. The van der Waals surface area contributed by atoms with Crippen LogP contribution in [0.4, 0.5) is 0 Å². The largest absolute Gasteiger partial charge is 0.464 e. The highest BCUT2D eigenvalue weighted by Gasteiger charge is 2.05. The summed E-state index contributed by atoms with van der Waals surface area (Å²) in [7, 11) is -3.49. The van der Waals surface area contributed by atoms with Crippen LogP contribution in [0.15, 0.2) is 59.2 Å². The van der Waals surface area contributed by atoms with Crippen LogP contribution in [0, 0.1) is 0 Å². The van der Waals surface area contributed by atoms with Gasteiger partial charge in [-0.2, -0.15) is 8.42 Å². The van der Waals surface area contributed by atoms with Crippen LogP contribution in [0.25, 0.3) is 22.1 Å². The van der Waals surface area contributed by atoms with Crippen LogP contribution < -0.4 is 4.18 Å².